The van der Waals surface area contributed by atoms with Crippen molar-refractivity contribution >= 4 is 17.5 Å². The SMILES string of the molecule is COc1ccc(CNc2nncc(N(C)c3ccccc3)n2)cc1. The molecule has 1 aromatic heterocycles. The van der Waals surface area contributed by atoms with Crippen molar-refractivity contribution in [2.75, 3.05) is 24.4 Å². The lowest BCUT2D eigenvalue weighted by molar-refractivity contribution is 0.414. The van der Waals surface area contributed by atoms with Crippen LogP contribution in [0.25, 0.3) is 0 Å². The van der Waals surface area contributed by atoms with Crippen molar-refractivity contribution < 1.29 is 4.74 Å². The average molecular weight is 321 g/mol. The van der Waals surface area contributed by atoms with Gasteiger partial charge in [-0.1, -0.05) is 30.3 Å². The van der Waals surface area contributed by atoms with E-state index in [1.807, 2.05) is 66.5 Å². The van der Waals surface area contributed by atoms with Gasteiger partial charge in [0.05, 0.1) is 13.3 Å². The van der Waals surface area contributed by atoms with Crippen LogP contribution in [0.1, 0.15) is 5.56 Å². The Kier molecular flexibility index (Phi) is 4.86. The minimum Gasteiger partial charge on any atom is -0.497 e. The van der Waals surface area contributed by atoms with Crippen LogP contribution in [0.3, 0.4) is 0 Å². The van der Waals surface area contributed by atoms with Gasteiger partial charge in [-0.15, -0.1) is 5.10 Å². The van der Waals surface area contributed by atoms with Gasteiger partial charge < -0.3 is 15.0 Å². The fraction of sp³-hybridized carbons (Fsp3) is 0.167. The van der Waals surface area contributed by atoms with Crippen LogP contribution in [0.5, 0.6) is 5.75 Å². The summed E-state index contributed by atoms with van der Waals surface area (Å²) < 4.78 is 5.16. The number of ether oxygens (including phenoxy) is 1. The molecule has 0 fully saturated rings. The molecule has 0 atom stereocenters. The maximum atomic E-state index is 5.16. The number of rotatable bonds is 6. The first-order valence-corrected chi connectivity index (χ1v) is 7.61. The Morgan fingerprint density at radius 3 is 2.50 bits per heavy atom. The first-order chi connectivity index (χ1) is 11.8. The van der Waals surface area contributed by atoms with E-state index >= 15 is 0 Å². The Bertz CT molecular complexity index is 777. The zero-order valence-corrected chi connectivity index (χ0v) is 13.7. The molecule has 0 amide bonds. The summed E-state index contributed by atoms with van der Waals surface area (Å²) in [5, 5.41) is 11.3. The zero-order chi connectivity index (χ0) is 16.8. The number of nitrogens with zero attached hydrogens (tertiary/aromatic N) is 4. The summed E-state index contributed by atoms with van der Waals surface area (Å²) in [7, 11) is 3.61. The molecule has 0 spiro atoms. The summed E-state index contributed by atoms with van der Waals surface area (Å²) in [6.45, 7) is 0.615. The number of anilines is 3. The molecule has 0 aliphatic rings. The second kappa shape index (κ2) is 7.41. The summed E-state index contributed by atoms with van der Waals surface area (Å²) in [5.74, 6) is 2.06. The van der Waals surface area contributed by atoms with E-state index in [1.54, 1.807) is 13.3 Å². The Balaban J connectivity index is 1.68. The molecule has 2 aromatic carbocycles. The maximum absolute atomic E-state index is 5.16. The number of benzene rings is 2. The van der Waals surface area contributed by atoms with Crippen LogP contribution in [0.4, 0.5) is 17.5 Å². The molecule has 6 nitrogen and oxygen atoms in total. The minimum absolute atomic E-state index is 0.492. The van der Waals surface area contributed by atoms with Crippen molar-refractivity contribution in [1.82, 2.24) is 15.2 Å². The molecule has 1 N–H and O–H groups in total. The Hall–Kier alpha value is -3.15. The molecule has 0 aliphatic heterocycles. The van der Waals surface area contributed by atoms with Crippen LogP contribution in [-0.4, -0.2) is 29.3 Å². The van der Waals surface area contributed by atoms with Gasteiger partial charge in [0.2, 0.25) is 5.95 Å². The number of hydrogen-bond donors (Lipinski definition) is 1. The highest BCUT2D eigenvalue weighted by Gasteiger charge is 2.07. The zero-order valence-electron chi connectivity index (χ0n) is 13.7. The van der Waals surface area contributed by atoms with Gasteiger partial charge in [0.25, 0.3) is 0 Å². The molecule has 0 aliphatic carbocycles. The van der Waals surface area contributed by atoms with E-state index in [4.69, 9.17) is 4.74 Å². The molecule has 24 heavy (non-hydrogen) atoms. The van der Waals surface area contributed by atoms with E-state index in [0.29, 0.717) is 12.5 Å². The molecule has 1 heterocycles. The van der Waals surface area contributed by atoms with E-state index in [-0.39, 0.29) is 0 Å². The fourth-order valence-electron chi connectivity index (χ4n) is 2.24. The maximum Gasteiger partial charge on any atom is 0.244 e. The third-order valence-electron chi connectivity index (χ3n) is 3.64. The second-order valence-corrected chi connectivity index (χ2v) is 5.23. The lowest BCUT2D eigenvalue weighted by Gasteiger charge is -2.18. The van der Waals surface area contributed by atoms with Gasteiger partial charge in [-0.25, -0.2) is 0 Å². The molecule has 0 radical (unpaired) electrons. The lowest BCUT2D eigenvalue weighted by atomic mass is 10.2. The molecule has 0 saturated carbocycles. The van der Waals surface area contributed by atoms with Crippen molar-refractivity contribution in [3.05, 3.63) is 66.4 Å². The van der Waals surface area contributed by atoms with Gasteiger partial charge in [-0.2, -0.15) is 10.1 Å². The van der Waals surface area contributed by atoms with Gasteiger partial charge in [0.15, 0.2) is 5.82 Å². The van der Waals surface area contributed by atoms with E-state index in [1.165, 1.54) is 0 Å². The number of para-hydroxylation sites is 1. The quantitative estimate of drug-likeness (QED) is 0.752. The molecule has 0 unspecified atom stereocenters. The smallest absolute Gasteiger partial charge is 0.244 e. The largest absolute Gasteiger partial charge is 0.497 e. The van der Waals surface area contributed by atoms with E-state index in [0.717, 1.165) is 22.8 Å². The van der Waals surface area contributed by atoms with E-state index in [9.17, 15) is 0 Å². The minimum atomic E-state index is 0.492. The summed E-state index contributed by atoms with van der Waals surface area (Å²) in [4.78, 5) is 6.48. The topological polar surface area (TPSA) is 63.2 Å². The highest BCUT2D eigenvalue weighted by Crippen LogP contribution is 2.20. The van der Waals surface area contributed by atoms with Crippen molar-refractivity contribution in [2.45, 2.75) is 6.54 Å². The van der Waals surface area contributed by atoms with Crippen LogP contribution < -0.4 is 15.0 Å². The lowest BCUT2D eigenvalue weighted by Crippen LogP contribution is -2.14. The van der Waals surface area contributed by atoms with Crippen LogP contribution in [0.2, 0.25) is 0 Å². The molecular formula is C18H19N5O. The Labute approximate surface area is 141 Å². The third-order valence-corrected chi connectivity index (χ3v) is 3.64. The summed E-state index contributed by atoms with van der Waals surface area (Å²) in [6.07, 6.45) is 1.64. The summed E-state index contributed by atoms with van der Waals surface area (Å²) in [6, 6.07) is 17.9. The molecule has 122 valence electrons. The fourth-order valence-corrected chi connectivity index (χ4v) is 2.24. The second-order valence-electron chi connectivity index (χ2n) is 5.23. The van der Waals surface area contributed by atoms with Crippen molar-refractivity contribution in [3.63, 3.8) is 0 Å². The van der Waals surface area contributed by atoms with Crippen molar-refractivity contribution in [2.24, 2.45) is 0 Å². The first kappa shape index (κ1) is 15.7. The first-order valence-electron chi connectivity index (χ1n) is 7.61. The van der Waals surface area contributed by atoms with Gasteiger partial charge in [0, 0.05) is 19.3 Å². The van der Waals surface area contributed by atoms with Crippen LogP contribution >= 0.6 is 0 Å². The standard InChI is InChI=1S/C18H19N5O/c1-23(15-6-4-3-5-7-15)17-13-20-22-18(21-17)19-12-14-8-10-16(24-2)11-9-14/h3-11,13H,12H2,1-2H3,(H,19,21,22). The van der Waals surface area contributed by atoms with Gasteiger partial charge in [-0.3, -0.25) is 0 Å². The molecule has 6 heteroatoms. The third kappa shape index (κ3) is 3.78. The molecule has 3 rings (SSSR count). The highest BCUT2D eigenvalue weighted by atomic mass is 16.5. The molecular weight excluding hydrogens is 302 g/mol. The summed E-state index contributed by atoms with van der Waals surface area (Å²) in [5.41, 5.74) is 2.15. The van der Waals surface area contributed by atoms with Gasteiger partial charge >= 0.3 is 0 Å². The van der Waals surface area contributed by atoms with Gasteiger partial charge in [-0.05, 0) is 29.8 Å². The number of nitrogens with one attached hydrogen (secondary N) is 1. The average Bonchev–Trinajstić information content (AvgIpc) is 2.67. The number of methoxy groups -OCH3 is 1. The highest BCUT2D eigenvalue weighted by molar-refractivity contribution is 5.58. The van der Waals surface area contributed by atoms with Crippen LogP contribution in [-0.2, 0) is 6.54 Å². The molecule has 0 saturated heterocycles. The Morgan fingerprint density at radius 2 is 1.79 bits per heavy atom. The van der Waals surface area contributed by atoms with Crippen molar-refractivity contribution in [1.29, 1.82) is 0 Å². The van der Waals surface area contributed by atoms with Gasteiger partial charge in [0.1, 0.15) is 5.75 Å². The number of aromatic nitrogens is 3. The Morgan fingerprint density at radius 1 is 1.04 bits per heavy atom. The molecule has 3 aromatic rings. The van der Waals surface area contributed by atoms with Crippen LogP contribution in [0.15, 0.2) is 60.8 Å². The normalized spacial score (nSPS) is 10.2. The predicted molar refractivity (Wildman–Crippen MR) is 94.7 cm³/mol. The predicted octanol–water partition coefficient (Wildman–Crippen LogP) is 3.26. The van der Waals surface area contributed by atoms with Crippen LogP contribution in [0, 0.1) is 0 Å². The van der Waals surface area contributed by atoms with E-state index in [2.05, 4.69) is 20.5 Å². The summed E-state index contributed by atoms with van der Waals surface area (Å²) >= 11 is 0. The molecule has 0 bridgehead atoms. The van der Waals surface area contributed by atoms with E-state index < -0.39 is 0 Å². The van der Waals surface area contributed by atoms with Crippen molar-refractivity contribution in [3.8, 4) is 5.75 Å². The monoisotopic (exact) mass is 321 g/mol. The number of hydrogen-bond acceptors (Lipinski definition) is 6.